The van der Waals surface area contributed by atoms with E-state index >= 15 is 0 Å². The summed E-state index contributed by atoms with van der Waals surface area (Å²) in [5, 5.41) is 8.89. The molecular formula is C20H17NO4. The number of carbonyl (C=O) groups is 2. The van der Waals surface area contributed by atoms with Crippen molar-refractivity contribution in [2.24, 2.45) is 0 Å². The minimum atomic E-state index is -0.890. The second-order valence-corrected chi connectivity index (χ2v) is 6.39. The number of aromatic nitrogens is 1. The van der Waals surface area contributed by atoms with Crippen LogP contribution in [0.4, 0.5) is 0 Å². The summed E-state index contributed by atoms with van der Waals surface area (Å²) < 4.78 is 1.59. The molecule has 1 heterocycles. The van der Waals surface area contributed by atoms with E-state index in [-0.39, 0.29) is 24.3 Å². The second kappa shape index (κ2) is 5.84. The average molecular weight is 335 g/mol. The van der Waals surface area contributed by atoms with Gasteiger partial charge in [0.1, 0.15) is 0 Å². The van der Waals surface area contributed by atoms with Gasteiger partial charge in [-0.3, -0.25) is 14.4 Å². The quantitative estimate of drug-likeness (QED) is 0.795. The number of aliphatic carboxylic acids is 1. The highest BCUT2D eigenvalue weighted by molar-refractivity contribution is 6.22. The van der Waals surface area contributed by atoms with Gasteiger partial charge in [-0.15, -0.1) is 0 Å². The standard InChI is InChI=1S/C20H17NO4/c22-16(23)10-5-11-21-18-13-7-2-3-8-14(13)19(24)17(18)12-6-1-4-9-15(12)20(21)25/h2-4,7-9H,1,5-6,10-11H2,(H,22,23). The van der Waals surface area contributed by atoms with Gasteiger partial charge in [0.25, 0.3) is 5.56 Å². The second-order valence-electron chi connectivity index (χ2n) is 6.39. The summed E-state index contributed by atoms with van der Waals surface area (Å²) in [4.78, 5) is 36.8. The third-order valence-electron chi connectivity index (χ3n) is 4.88. The van der Waals surface area contributed by atoms with E-state index in [1.807, 2.05) is 24.3 Å². The monoisotopic (exact) mass is 335 g/mol. The van der Waals surface area contributed by atoms with Gasteiger partial charge in [-0.1, -0.05) is 36.4 Å². The molecule has 126 valence electrons. The molecule has 0 saturated carbocycles. The molecule has 1 N–H and O–H groups in total. The molecule has 2 aliphatic rings. The molecule has 0 unspecified atom stereocenters. The van der Waals surface area contributed by atoms with Crippen LogP contribution in [0.2, 0.25) is 0 Å². The van der Waals surface area contributed by atoms with Crippen molar-refractivity contribution in [1.82, 2.24) is 4.57 Å². The topological polar surface area (TPSA) is 76.4 Å². The first-order valence-corrected chi connectivity index (χ1v) is 8.41. The normalized spacial score (nSPS) is 14.2. The SMILES string of the molecule is O=C(O)CCCn1c2c(c3c(c1=O)C=CCC3)C(=O)c1ccccc1-2. The van der Waals surface area contributed by atoms with Gasteiger partial charge in [0.2, 0.25) is 0 Å². The molecule has 4 rings (SSSR count). The Morgan fingerprint density at radius 2 is 1.92 bits per heavy atom. The number of carbonyl (C=O) groups excluding carboxylic acids is 1. The van der Waals surface area contributed by atoms with Crippen molar-refractivity contribution in [2.45, 2.75) is 32.2 Å². The van der Waals surface area contributed by atoms with Gasteiger partial charge in [-0.05, 0) is 24.8 Å². The van der Waals surface area contributed by atoms with E-state index in [0.29, 0.717) is 35.2 Å². The number of benzene rings is 1. The number of nitrogens with zero attached hydrogens (tertiary/aromatic N) is 1. The van der Waals surface area contributed by atoms with Crippen LogP contribution >= 0.6 is 0 Å². The number of pyridine rings is 1. The Morgan fingerprint density at radius 1 is 1.16 bits per heavy atom. The van der Waals surface area contributed by atoms with Crippen LogP contribution in [0.3, 0.4) is 0 Å². The molecule has 0 aliphatic heterocycles. The van der Waals surface area contributed by atoms with Crippen molar-refractivity contribution < 1.29 is 14.7 Å². The Labute approximate surface area is 144 Å². The van der Waals surface area contributed by atoms with E-state index in [4.69, 9.17) is 5.11 Å². The van der Waals surface area contributed by atoms with E-state index in [0.717, 1.165) is 17.5 Å². The molecular weight excluding hydrogens is 318 g/mol. The third-order valence-corrected chi connectivity index (χ3v) is 4.88. The predicted molar refractivity (Wildman–Crippen MR) is 93.8 cm³/mol. The molecule has 0 fully saturated rings. The number of carboxylic acid groups (broad SMARTS) is 1. The fourth-order valence-corrected chi connectivity index (χ4v) is 3.80. The maximum atomic E-state index is 13.0. The molecule has 25 heavy (non-hydrogen) atoms. The highest BCUT2D eigenvalue weighted by Crippen LogP contribution is 2.39. The number of ketones is 1. The van der Waals surface area contributed by atoms with Crippen LogP contribution in [0.25, 0.3) is 17.3 Å². The first kappa shape index (κ1) is 15.6. The fraction of sp³-hybridized carbons (Fsp3) is 0.250. The molecule has 2 aliphatic carbocycles. The van der Waals surface area contributed by atoms with Crippen LogP contribution in [0.5, 0.6) is 0 Å². The van der Waals surface area contributed by atoms with Gasteiger partial charge in [0, 0.05) is 29.7 Å². The summed E-state index contributed by atoms with van der Waals surface area (Å²) in [5.74, 6) is -0.928. The largest absolute Gasteiger partial charge is 0.481 e. The molecule has 2 aromatic rings. The number of allylic oxidation sites excluding steroid dienone is 1. The minimum absolute atomic E-state index is 0.0102. The van der Waals surface area contributed by atoms with Crippen LogP contribution in [-0.2, 0) is 17.8 Å². The molecule has 0 atom stereocenters. The highest BCUT2D eigenvalue weighted by atomic mass is 16.4. The van der Waals surface area contributed by atoms with Crippen molar-refractivity contribution in [3.05, 3.63) is 62.9 Å². The summed E-state index contributed by atoms with van der Waals surface area (Å²) in [6.45, 7) is 0.288. The van der Waals surface area contributed by atoms with Crippen LogP contribution < -0.4 is 5.56 Å². The van der Waals surface area contributed by atoms with E-state index < -0.39 is 5.97 Å². The smallest absolute Gasteiger partial charge is 0.303 e. The first-order valence-electron chi connectivity index (χ1n) is 8.41. The Balaban J connectivity index is 1.97. The molecule has 5 heteroatoms. The molecule has 0 radical (unpaired) electrons. The van der Waals surface area contributed by atoms with Crippen molar-refractivity contribution in [1.29, 1.82) is 0 Å². The zero-order valence-corrected chi connectivity index (χ0v) is 13.6. The lowest BCUT2D eigenvalue weighted by Gasteiger charge is -2.19. The molecule has 0 saturated heterocycles. The maximum Gasteiger partial charge on any atom is 0.303 e. The number of fused-ring (bicyclic) bond motifs is 5. The summed E-state index contributed by atoms with van der Waals surface area (Å²) in [7, 11) is 0. The lowest BCUT2D eigenvalue weighted by Crippen LogP contribution is -2.28. The van der Waals surface area contributed by atoms with Gasteiger partial charge in [0.15, 0.2) is 5.78 Å². The Kier molecular flexibility index (Phi) is 3.64. The zero-order valence-electron chi connectivity index (χ0n) is 13.6. The predicted octanol–water partition coefficient (Wildman–Crippen LogP) is 2.88. The molecule has 5 nitrogen and oxygen atoms in total. The van der Waals surface area contributed by atoms with Crippen molar-refractivity contribution in [2.75, 3.05) is 0 Å². The van der Waals surface area contributed by atoms with E-state index in [1.165, 1.54) is 0 Å². The van der Waals surface area contributed by atoms with Crippen molar-refractivity contribution in [3.63, 3.8) is 0 Å². The van der Waals surface area contributed by atoms with Gasteiger partial charge in [-0.25, -0.2) is 0 Å². The van der Waals surface area contributed by atoms with Gasteiger partial charge < -0.3 is 9.67 Å². The molecule has 1 aromatic heterocycles. The average Bonchev–Trinajstić information content (AvgIpc) is 2.91. The lowest BCUT2D eigenvalue weighted by atomic mass is 9.92. The van der Waals surface area contributed by atoms with Gasteiger partial charge >= 0.3 is 5.97 Å². The van der Waals surface area contributed by atoms with Crippen LogP contribution in [0, 0.1) is 0 Å². The van der Waals surface area contributed by atoms with E-state index in [9.17, 15) is 14.4 Å². The molecule has 0 amide bonds. The van der Waals surface area contributed by atoms with Gasteiger partial charge in [0.05, 0.1) is 11.3 Å². The van der Waals surface area contributed by atoms with Gasteiger partial charge in [-0.2, -0.15) is 0 Å². The summed E-state index contributed by atoms with van der Waals surface area (Å²) in [6.07, 6.45) is 5.57. The van der Waals surface area contributed by atoms with E-state index in [1.54, 1.807) is 16.7 Å². The Morgan fingerprint density at radius 3 is 2.68 bits per heavy atom. The minimum Gasteiger partial charge on any atom is -0.481 e. The summed E-state index contributed by atoms with van der Waals surface area (Å²) in [6, 6.07) is 7.32. The van der Waals surface area contributed by atoms with Crippen molar-refractivity contribution in [3.8, 4) is 11.3 Å². The van der Waals surface area contributed by atoms with Crippen LogP contribution in [-0.4, -0.2) is 21.4 Å². The van der Waals surface area contributed by atoms with Crippen LogP contribution in [0.15, 0.2) is 35.1 Å². The highest BCUT2D eigenvalue weighted by Gasteiger charge is 2.34. The maximum absolute atomic E-state index is 13.0. The van der Waals surface area contributed by atoms with Crippen LogP contribution in [0.1, 0.15) is 46.3 Å². The number of carboxylic acids is 1. The zero-order chi connectivity index (χ0) is 17.6. The number of rotatable bonds is 4. The van der Waals surface area contributed by atoms with E-state index in [2.05, 4.69) is 0 Å². The number of hydrogen-bond acceptors (Lipinski definition) is 3. The Hall–Kier alpha value is -2.95. The molecule has 0 spiro atoms. The molecule has 0 bridgehead atoms. The lowest BCUT2D eigenvalue weighted by molar-refractivity contribution is -0.137. The first-order chi connectivity index (χ1) is 12.1. The van der Waals surface area contributed by atoms with Crippen molar-refractivity contribution >= 4 is 17.8 Å². The molecule has 1 aromatic carbocycles. The summed E-state index contributed by atoms with van der Waals surface area (Å²) in [5.41, 5.74) is 3.93. The fourth-order valence-electron chi connectivity index (χ4n) is 3.80. The Bertz CT molecular complexity index is 997. The number of hydrogen-bond donors (Lipinski definition) is 1. The summed E-state index contributed by atoms with van der Waals surface area (Å²) >= 11 is 0. The third kappa shape index (κ3) is 2.35.